The fourth-order valence-electron chi connectivity index (χ4n) is 1.71. The van der Waals surface area contributed by atoms with Gasteiger partial charge in [0.15, 0.2) is 0 Å². The molecular weight excluding hydrogens is 194 g/mol. The summed E-state index contributed by atoms with van der Waals surface area (Å²) in [5.74, 6) is 0.385. The molecule has 82 valence electrons. The molecule has 1 aromatic rings. The third-order valence-electron chi connectivity index (χ3n) is 2.50. The predicted octanol–water partition coefficient (Wildman–Crippen LogP) is 1.06. The fraction of sp³-hybridized carbons (Fsp3) is 0.600. The Kier molecular flexibility index (Phi) is 3.01. The number of nitrogens with zero attached hydrogens (tertiary/aromatic N) is 1. The van der Waals surface area contributed by atoms with Crippen LogP contribution in [0.5, 0.6) is 0 Å². The zero-order valence-corrected chi connectivity index (χ0v) is 8.75. The molecule has 1 aliphatic heterocycles. The van der Waals surface area contributed by atoms with Gasteiger partial charge in [0.1, 0.15) is 0 Å². The summed E-state index contributed by atoms with van der Waals surface area (Å²) < 4.78 is 4.92. The first kappa shape index (κ1) is 10.2. The van der Waals surface area contributed by atoms with E-state index in [4.69, 9.17) is 4.52 Å². The second-order valence-electron chi connectivity index (χ2n) is 3.82. The number of rotatable bonds is 2. The van der Waals surface area contributed by atoms with Gasteiger partial charge in [-0.05, 0) is 26.3 Å². The molecule has 0 saturated carbocycles. The van der Waals surface area contributed by atoms with Crippen LogP contribution in [0.25, 0.3) is 0 Å². The van der Waals surface area contributed by atoms with Crippen molar-refractivity contribution < 1.29 is 9.32 Å². The highest BCUT2D eigenvalue weighted by atomic mass is 16.5. The number of hydrogen-bond acceptors (Lipinski definition) is 4. The fourth-order valence-corrected chi connectivity index (χ4v) is 1.71. The summed E-state index contributed by atoms with van der Waals surface area (Å²) in [7, 11) is 0. The minimum Gasteiger partial charge on any atom is -0.338 e. The molecule has 0 spiro atoms. The van der Waals surface area contributed by atoms with Gasteiger partial charge in [0.2, 0.25) is 11.8 Å². The summed E-state index contributed by atoms with van der Waals surface area (Å²) >= 11 is 0. The van der Waals surface area contributed by atoms with Crippen LogP contribution in [-0.4, -0.2) is 23.7 Å². The summed E-state index contributed by atoms with van der Waals surface area (Å²) in [4.78, 5) is 11.7. The summed E-state index contributed by atoms with van der Waals surface area (Å²) in [5, 5.41) is 9.58. The molecule has 0 aliphatic carbocycles. The smallest absolute Gasteiger partial charge is 0.243 e. The number of anilines is 1. The third kappa shape index (κ3) is 2.56. The van der Waals surface area contributed by atoms with E-state index in [2.05, 4.69) is 15.8 Å². The lowest BCUT2D eigenvalue weighted by atomic mass is 10.0. The van der Waals surface area contributed by atoms with E-state index < -0.39 is 0 Å². The molecule has 0 bridgehead atoms. The van der Waals surface area contributed by atoms with Crippen LogP contribution in [0.3, 0.4) is 0 Å². The van der Waals surface area contributed by atoms with E-state index >= 15 is 0 Å². The van der Waals surface area contributed by atoms with Gasteiger partial charge in [-0.2, -0.15) is 0 Å². The maximum absolute atomic E-state index is 11.7. The van der Waals surface area contributed by atoms with Gasteiger partial charge >= 0.3 is 0 Å². The lowest BCUT2D eigenvalue weighted by molar-refractivity contribution is -0.118. The molecule has 2 heterocycles. The Labute approximate surface area is 88.2 Å². The molecule has 2 N–H and O–H groups in total. The SMILES string of the molecule is Cc1cc(NC(=O)C2CCCCN2)on1. The van der Waals surface area contributed by atoms with Gasteiger partial charge in [-0.1, -0.05) is 11.6 Å². The van der Waals surface area contributed by atoms with E-state index in [0.29, 0.717) is 5.88 Å². The first-order valence-electron chi connectivity index (χ1n) is 5.23. The molecule has 1 aromatic heterocycles. The maximum atomic E-state index is 11.7. The predicted molar refractivity (Wildman–Crippen MR) is 55.5 cm³/mol. The Balaban J connectivity index is 1.91. The standard InChI is InChI=1S/C10H15N3O2/c1-7-6-9(15-13-7)12-10(14)8-4-2-3-5-11-8/h6,8,11H,2-5H2,1H3,(H,12,14). The van der Waals surface area contributed by atoms with Gasteiger partial charge < -0.3 is 9.84 Å². The molecule has 1 aliphatic rings. The lowest BCUT2D eigenvalue weighted by Crippen LogP contribution is -2.43. The Morgan fingerprint density at radius 2 is 2.53 bits per heavy atom. The number of carbonyl (C=O) groups is 1. The first-order chi connectivity index (χ1) is 7.25. The van der Waals surface area contributed by atoms with Crippen molar-refractivity contribution >= 4 is 11.8 Å². The first-order valence-corrected chi connectivity index (χ1v) is 5.23. The van der Waals surface area contributed by atoms with Gasteiger partial charge in [0, 0.05) is 6.07 Å². The molecule has 2 rings (SSSR count). The lowest BCUT2D eigenvalue weighted by Gasteiger charge is -2.21. The van der Waals surface area contributed by atoms with Crippen LogP contribution in [-0.2, 0) is 4.79 Å². The van der Waals surface area contributed by atoms with Gasteiger partial charge in [0.05, 0.1) is 11.7 Å². The van der Waals surface area contributed by atoms with Crippen LogP contribution in [0.1, 0.15) is 25.0 Å². The molecule has 1 saturated heterocycles. The van der Waals surface area contributed by atoms with Crippen molar-refractivity contribution in [2.24, 2.45) is 0 Å². The summed E-state index contributed by atoms with van der Waals surface area (Å²) in [6.45, 7) is 2.73. The molecule has 1 fully saturated rings. The van der Waals surface area contributed by atoms with Crippen LogP contribution in [0, 0.1) is 6.92 Å². The maximum Gasteiger partial charge on any atom is 0.243 e. The Bertz CT molecular complexity index is 342. The van der Waals surface area contributed by atoms with Crippen molar-refractivity contribution in [1.29, 1.82) is 0 Å². The second-order valence-corrected chi connectivity index (χ2v) is 3.82. The molecule has 0 aromatic carbocycles. The molecule has 1 unspecified atom stereocenters. The number of nitrogens with one attached hydrogen (secondary N) is 2. The third-order valence-corrected chi connectivity index (χ3v) is 2.50. The largest absolute Gasteiger partial charge is 0.338 e. The highest BCUT2D eigenvalue weighted by Crippen LogP contribution is 2.12. The van der Waals surface area contributed by atoms with E-state index in [9.17, 15) is 4.79 Å². The molecule has 5 heteroatoms. The molecule has 5 nitrogen and oxygen atoms in total. The number of hydrogen-bond donors (Lipinski definition) is 2. The molecular formula is C10H15N3O2. The quantitative estimate of drug-likeness (QED) is 0.764. The van der Waals surface area contributed by atoms with Crippen molar-refractivity contribution in [3.05, 3.63) is 11.8 Å². The van der Waals surface area contributed by atoms with Crippen LogP contribution in [0.4, 0.5) is 5.88 Å². The average molecular weight is 209 g/mol. The molecule has 1 amide bonds. The molecule has 0 radical (unpaired) electrons. The summed E-state index contributed by atoms with van der Waals surface area (Å²) in [6, 6.07) is 1.62. The highest BCUT2D eigenvalue weighted by molar-refractivity contribution is 5.93. The molecule has 1 atom stereocenters. The summed E-state index contributed by atoms with van der Waals surface area (Å²) in [5.41, 5.74) is 0.766. The number of aromatic nitrogens is 1. The van der Waals surface area contributed by atoms with Crippen molar-refractivity contribution in [1.82, 2.24) is 10.5 Å². The summed E-state index contributed by atoms with van der Waals surface area (Å²) in [6.07, 6.45) is 3.13. The van der Waals surface area contributed by atoms with E-state index in [1.165, 1.54) is 0 Å². The minimum atomic E-state index is -0.0934. The average Bonchev–Trinajstić information content (AvgIpc) is 2.65. The van der Waals surface area contributed by atoms with Gasteiger partial charge in [-0.3, -0.25) is 10.1 Å². The van der Waals surface area contributed by atoms with Crippen LogP contribution < -0.4 is 10.6 Å². The van der Waals surface area contributed by atoms with E-state index in [1.54, 1.807) is 6.07 Å². The van der Waals surface area contributed by atoms with Crippen LogP contribution in [0.15, 0.2) is 10.6 Å². The normalized spacial score (nSPS) is 21.3. The number of carbonyl (C=O) groups excluding carboxylic acids is 1. The number of amides is 1. The van der Waals surface area contributed by atoms with Crippen molar-refractivity contribution in [2.75, 3.05) is 11.9 Å². The number of aryl methyl sites for hydroxylation is 1. The van der Waals surface area contributed by atoms with Gasteiger partial charge in [-0.15, -0.1) is 0 Å². The monoisotopic (exact) mass is 209 g/mol. The zero-order chi connectivity index (χ0) is 10.7. The van der Waals surface area contributed by atoms with Crippen molar-refractivity contribution in [2.45, 2.75) is 32.2 Å². The van der Waals surface area contributed by atoms with Crippen LogP contribution in [0.2, 0.25) is 0 Å². The molecule has 15 heavy (non-hydrogen) atoms. The van der Waals surface area contributed by atoms with Gasteiger partial charge in [0.25, 0.3) is 0 Å². The van der Waals surface area contributed by atoms with E-state index in [-0.39, 0.29) is 11.9 Å². The topological polar surface area (TPSA) is 67.2 Å². The van der Waals surface area contributed by atoms with Gasteiger partial charge in [-0.25, -0.2) is 0 Å². The Hall–Kier alpha value is -1.36. The zero-order valence-electron chi connectivity index (χ0n) is 8.75. The minimum absolute atomic E-state index is 0.0362. The Morgan fingerprint density at radius 3 is 3.13 bits per heavy atom. The van der Waals surface area contributed by atoms with E-state index in [1.807, 2.05) is 6.92 Å². The van der Waals surface area contributed by atoms with Crippen LogP contribution >= 0.6 is 0 Å². The highest BCUT2D eigenvalue weighted by Gasteiger charge is 2.21. The van der Waals surface area contributed by atoms with Crippen molar-refractivity contribution in [3.8, 4) is 0 Å². The Morgan fingerprint density at radius 1 is 1.67 bits per heavy atom. The van der Waals surface area contributed by atoms with E-state index in [0.717, 1.165) is 31.5 Å². The second kappa shape index (κ2) is 4.44. The number of piperidine rings is 1. The van der Waals surface area contributed by atoms with Crippen molar-refractivity contribution in [3.63, 3.8) is 0 Å².